The van der Waals surface area contributed by atoms with Gasteiger partial charge in [0.2, 0.25) is 0 Å². The maximum atomic E-state index is 12.8. The van der Waals surface area contributed by atoms with E-state index in [1.54, 1.807) is 13.2 Å². The van der Waals surface area contributed by atoms with Crippen LogP contribution in [0.4, 0.5) is 4.39 Å². The highest BCUT2D eigenvalue weighted by molar-refractivity contribution is 5.93. The molecule has 0 spiro atoms. The second-order valence-electron chi connectivity index (χ2n) is 5.43. The van der Waals surface area contributed by atoms with Crippen molar-refractivity contribution in [1.82, 2.24) is 15.5 Å². The van der Waals surface area contributed by atoms with E-state index in [-0.39, 0.29) is 18.3 Å². The number of hydrogen-bond donors (Lipinski definition) is 2. The summed E-state index contributed by atoms with van der Waals surface area (Å²) in [5, 5.41) is 9.62. The van der Waals surface area contributed by atoms with E-state index < -0.39 is 0 Å². The van der Waals surface area contributed by atoms with Crippen molar-refractivity contribution in [1.29, 1.82) is 0 Å². The molecule has 7 heteroatoms. The zero-order chi connectivity index (χ0) is 18.4. The van der Waals surface area contributed by atoms with E-state index in [9.17, 15) is 9.18 Å². The molecule has 1 aromatic heterocycles. The lowest BCUT2D eigenvalue weighted by Gasteiger charge is -2.07. The Morgan fingerprint density at radius 3 is 2.73 bits per heavy atom. The molecule has 0 bridgehead atoms. The maximum absolute atomic E-state index is 12.8. The number of halogens is 1. The Morgan fingerprint density at radius 2 is 1.96 bits per heavy atom. The van der Waals surface area contributed by atoms with Crippen molar-refractivity contribution >= 4 is 5.91 Å². The molecule has 0 aliphatic carbocycles. The SMILES string of the molecule is COc1ccccc1-c1cc(C(=O)NCCOc2ccc(F)cc2)[nH]n1. The van der Waals surface area contributed by atoms with E-state index in [1.807, 2.05) is 24.3 Å². The van der Waals surface area contributed by atoms with Crippen LogP contribution in [-0.4, -0.2) is 36.4 Å². The summed E-state index contributed by atoms with van der Waals surface area (Å²) in [7, 11) is 1.58. The molecule has 6 nitrogen and oxygen atoms in total. The molecule has 0 atom stereocenters. The Bertz CT molecular complexity index is 878. The molecule has 2 N–H and O–H groups in total. The first kappa shape index (κ1) is 17.5. The molecular weight excluding hydrogens is 337 g/mol. The Labute approximate surface area is 150 Å². The second kappa shape index (κ2) is 8.15. The number of ether oxygens (including phenoxy) is 2. The summed E-state index contributed by atoms with van der Waals surface area (Å²) in [5.41, 5.74) is 1.76. The van der Waals surface area contributed by atoms with E-state index >= 15 is 0 Å². The highest BCUT2D eigenvalue weighted by atomic mass is 19.1. The first-order valence-electron chi connectivity index (χ1n) is 8.03. The van der Waals surface area contributed by atoms with Gasteiger partial charge in [0, 0.05) is 5.56 Å². The Hall–Kier alpha value is -3.35. The van der Waals surface area contributed by atoms with Crippen molar-refractivity contribution in [2.75, 3.05) is 20.3 Å². The quantitative estimate of drug-likeness (QED) is 0.639. The number of carbonyl (C=O) groups excluding carboxylic acids is 1. The lowest BCUT2D eigenvalue weighted by atomic mass is 10.1. The van der Waals surface area contributed by atoms with Crippen molar-refractivity contribution in [3.63, 3.8) is 0 Å². The van der Waals surface area contributed by atoms with Gasteiger partial charge < -0.3 is 14.8 Å². The molecule has 1 heterocycles. The van der Waals surface area contributed by atoms with Crippen molar-refractivity contribution in [2.45, 2.75) is 0 Å². The van der Waals surface area contributed by atoms with Crippen molar-refractivity contribution in [3.05, 3.63) is 66.1 Å². The number of H-pyrrole nitrogens is 1. The van der Waals surface area contributed by atoms with Gasteiger partial charge in [0.05, 0.1) is 19.3 Å². The molecule has 3 rings (SSSR count). The van der Waals surface area contributed by atoms with Crippen LogP contribution in [0.3, 0.4) is 0 Å². The predicted molar refractivity (Wildman–Crippen MR) is 94.8 cm³/mol. The zero-order valence-electron chi connectivity index (χ0n) is 14.2. The number of para-hydroxylation sites is 1. The van der Waals surface area contributed by atoms with Gasteiger partial charge in [-0.15, -0.1) is 0 Å². The van der Waals surface area contributed by atoms with E-state index in [0.29, 0.717) is 29.4 Å². The molecule has 0 fully saturated rings. The minimum atomic E-state index is -0.323. The highest BCUT2D eigenvalue weighted by Gasteiger charge is 2.13. The predicted octanol–water partition coefficient (Wildman–Crippen LogP) is 3.03. The number of hydrogen-bond acceptors (Lipinski definition) is 4. The maximum Gasteiger partial charge on any atom is 0.269 e. The first-order valence-corrected chi connectivity index (χ1v) is 8.03. The van der Waals surface area contributed by atoms with Crippen LogP contribution in [-0.2, 0) is 0 Å². The fourth-order valence-electron chi connectivity index (χ4n) is 2.39. The largest absolute Gasteiger partial charge is 0.496 e. The summed E-state index contributed by atoms with van der Waals surface area (Å²) in [6.07, 6.45) is 0. The number of nitrogens with one attached hydrogen (secondary N) is 2. The van der Waals surface area contributed by atoms with Gasteiger partial charge >= 0.3 is 0 Å². The number of aromatic nitrogens is 2. The van der Waals surface area contributed by atoms with Crippen LogP contribution >= 0.6 is 0 Å². The van der Waals surface area contributed by atoms with E-state index in [4.69, 9.17) is 9.47 Å². The lowest BCUT2D eigenvalue weighted by molar-refractivity contribution is 0.0942. The molecule has 0 unspecified atom stereocenters. The van der Waals surface area contributed by atoms with Crippen LogP contribution in [0, 0.1) is 5.82 Å². The van der Waals surface area contributed by atoms with Crippen molar-refractivity contribution < 1.29 is 18.7 Å². The first-order chi connectivity index (χ1) is 12.7. The van der Waals surface area contributed by atoms with Gasteiger partial charge in [-0.2, -0.15) is 5.10 Å². The van der Waals surface area contributed by atoms with E-state index in [1.165, 1.54) is 24.3 Å². The molecule has 2 aromatic carbocycles. The standard InChI is InChI=1S/C19H18FN3O3/c1-25-18-5-3-2-4-15(18)16-12-17(23-22-16)19(24)21-10-11-26-14-8-6-13(20)7-9-14/h2-9,12H,10-11H2,1H3,(H,21,24)(H,22,23). The number of rotatable bonds is 7. The van der Waals surface area contributed by atoms with Crippen LogP contribution in [0.15, 0.2) is 54.6 Å². The number of methoxy groups -OCH3 is 1. The van der Waals surface area contributed by atoms with Crippen LogP contribution in [0.1, 0.15) is 10.5 Å². The van der Waals surface area contributed by atoms with Gasteiger partial charge in [0.1, 0.15) is 29.6 Å². The molecule has 0 saturated heterocycles. The normalized spacial score (nSPS) is 10.4. The van der Waals surface area contributed by atoms with Crippen LogP contribution in [0.2, 0.25) is 0 Å². The minimum absolute atomic E-state index is 0.269. The summed E-state index contributed by atoms with van der Waals surface area (Å²) in [6.45, 7) is 0.574. The minimum Gasteiger partial charge on any atom is -0.496 e. The number of carbonyl (C=O) groups is 1. The Balaban J connectivity index is 1.54. The molecule has 0 aliphatic heterocycles. The van der Waals surface area contributed by atoms with Gasteiger partial charge in [-0.05, 0) is 42.5 Å². The zero-order valence-corrected chi connectivity index (χ0v) is 14.2. The molecule has 3 aromatic rings. The van der Waals surface area contributed by atoms with Gasteiger partial charge in [-0.1, -0.05) is 12.1 Å². The lowest BCUT2D eigenvalue weighted by Crippen LogP contribution is -2.28. The van der Waals surface area contributed by atoms with Crippen LogP contribution < -0.4 is 14.8 Å². The fourth-order valence-corrected chi connectivity index (χ4v) is 2.39. The molecule has 0 radical (unpaired) electrons. The average molecular weight is 355 g/mol. The van der Waals surface area contributed by atoms with Crippen LogP contribution in [0.5, 0.6) is 11.5 Å². The smallest absolute Gasteiger partial charge is 0.269 e. The fraction of sp³-hybridized carbons (Fsp3) is 0.158. The number of nitrogens with zero attached hydrogens (tertiary/aromatic N) is 1. The van der Waals surface area contributed by atoms with Gasteiger partial charge in [0.25, 0.3) is 5.91 Å². The summed E-state index contributed by atoms with van der Waals surface area (Å²) >= 11 is 0. The average Bonchev–Trinajstić information content (AvgIpc) is 3.16. The van der Waals surface area contributed by atoms with Crippen molar-refractivity contribution in [2.24, 2.45) is 0 Å². The third-order valence-electron chi connectivity index (χ3n) is 3.68. The topological polar surface area (TPSA) is 76.2 Å². The third-order valence-corrected chi connectivity index (χ3v) is 3.68. The third kappa shape index (κ3) is 4.18. The highest BCUT2D eigenvalue weighted by Crippen LogP contribution is 2.28. The van der Waals surface area contributed by atoms with Gasteiger partial charge in [-0.25, -0.2) is 4.39 Å². The van der Waals surface area contributed by atoms with E-state index in [2.05, 4.69) is 15.5 Å². The van der Waals surface area contributed by atoms with Crippen LogP contribution in [0.25, 0.3) is 11.3 Å². The number of aromatic amines is 1. The van der Waals surface area contributed by atoms with Gasteiger partial charge in [-0.3, -0.25) is 9.89 Å². The summed E-state index contributed by atoms with van der Waals surface area (Å²) in [6, 6.07) is 14.8. The number of amides is 1. The molecule has 134 valence electrons. The number of benzene rings is 2. The molecule has 1 amide bonds. The van der Waals surface area contributed by atoms with E-state index in [0.717, 1.165) is 5.56 Å². The molecular formula is C19H18FN3O3. The Morgan fingerprint density at radius 1 is 1.19 bits per heavy atom. The molecule has 26 heavy (non-hydrogen) atoms. The summed E-state index contributed by atoms with van der Waals surface area (Å²) in [4.78, 5) is 12.2. The second-order valence-corrected chi connectivity index (χ2v) is 5.43. The van der Waals surface area contributed by atoms with Gasteiger partial charge in [0.15, 0.2) is 0 Å². The summed E-state index contributed by atoms with van der Waals surface area (Å²) in [5.74, 6) is 0.608. The molecule has 0 aliphatic rings. The summed E-state index contributed by atoms with van der Waals surface area (Å²) < 4.78 is 23.5. The monoisotopic (exact) mass is 355 g/mol. The van der Waals surface area contributed by atoms with Crippen molar-refractivity contribution in [3.8, 4) is 22.8 Å². The molecule has 0 saturated carbocycles. The Kier molecular flexibility index (Phi) is 5.48.